The van der Waals surface area contributed by atoms with E-state index in [9.17, 15) is 19.7 Å². The van der Waals surface area contributed by atoms with Crippen molar-refractivity contribution < 1.29 is 14.5 Å². The van der Waals surface area contributed by atoms with Crippen molar-refractivity contribution >= 4 is 23.4 Å². The molecule has 3 heterocycles. The third-order valence-corrected chi connectivity index (χ3v) is 3.99. The second kappa shape index (κ2) is 4.93. The van der Waals surface area contributed by atoms with Crippen molar-refractivity contribution in [1.29, 1.82) is 0 Å². The van der Waals surface area contributed by atoms with Gasteiger partial charge < -0.3 is 10.2 Å². The predicted molar refractivity (Wildman–Crippen MR) is 76.5 cm³/mol. The van der Waals surface area contributed by atoms with Gasteiger partial charge in [0.2, 0.25) is 5.82 Å². The van der Waals surface area contributed by atoms with Gasteiger partial charge in [0.05, 0.1) is 11.5 Å². The summed E-state index contributed by atoms with van der Waals surface area (Å²) in [6.45, 7) is 2.44. The van der Waals surface area contributed by atoms with Crippen LogP contribution in [0.1, 0.15) is 18.4 Å². The van der Waals surface area contributed by atoms with Gasteiger partial charge in [0, 0.05) is 18.8 Å². The lowest BCUT2D eigenvalue weighted by Crippen LogP contribution is -2.58. The van der Waals surface area contributed by atoms with Crippen molar-refractivity contribution in [2.24, 2.45) is 0 Å². The Hall–Kier alpha value is -2.71. The van der Waals surface area contributed by atoms with E-state index in [0.29, 0.717) is 24.9 Å². The Morgan fingerprint density at radius 2 is 2.23 bits per heavy atom. The molecule has 0 bridgehead atoms. The Kier molecular flexibility index (Phi) is 3.19. The fourth-order valence-electron chi connectivity index (χ4n) is 2.98. The molecule has 2 fully saturated rings. The number of carbonyl (C=O) groups is 2. The molecule has 22 heavy (non-hydrogen) atoms. The van der Waals surface area contributed by atoms with Crippen LogP contribution in [0.15, 0.2) is 12.3 Å². The lowest BCUT2D eigenvalue weighted by Gasteiger charge is -2.38. The Balaban J connectivity index is 1.95. The summed E-state index contributed by atoms with van der Waals surface area (Å²) in [5.41, 5.74) is -0.439. The van der Waals surface area contributed by atoms with Crippen LogP contribution >= 0.6 is 0 Å². The molecule has 3 amide bonds. The van der Waals surface area contributed by atoms with E-state index in [4.69, 9.17) is 0 Å². The third-order valence-electron chi connectivity index (χ3n) is 3.99. The first-order chi connectivity index (χ1) is 10.4. The molecular weight excluding hydrogens is 290 g/mol. The molecule has 3 rings (SSSR count). The van der Waals surface area contributed by atoms with Crippen LogP contribution in [0.5, 0.6) is 0 Å². The SMILES string of the molecule is Cc1cnc(N2CCCC3(C2)NC(=O)NC3=O)c([N+](=O)[O-])c1. The smallest absolute Gasteiger partial charge is 0.322 e. The van der Waals surface area contributed by atoms with E-state index in [-0.39, 0.29) is 18.1 Å². The maximum absolute atomic E-state index is 12.0. The minimum atomic E-state index is -1.03. The molecule has 2 N–H and O–H groups in total. The quantitative estimate of drug-likeness (QED) is 0.466. The number of amides is 3. The second-order valence-electron chi connectivity index (χ2n) is 5.63. The van der Waals surface area contributed by atoms with Gasteiger partial charge in [0.1, 0.15) is 5.54 Å². The summed E-state index contributed by atoms with van der Waals surface area (Å²) in [5, 5.41) is 16.1. The molecule has 1 aromatic rings. The summed E-state index contributed by atoms with van der Waals surface area (Å²) < 4.78 is 0. The van der Waals surface area contributed by atoms with Crippen LogP contribution in [0.2, 0.25) is 0 Å². The van der Waals surface area contributed by atoms with Crippen molar-refractivity contribution in [3.63, 3.8) is 0 Å². The zero-order valence-corrected chi connectivity index (χ0v) is 12.0. The Labute approximate surface area is 125 Å². The predicted octanol–water partition coefficient (Wildman–Crippen LogP) is 0.477. The van der Waals surface area contributed by atoms with Gasteiger partial charge in [-0.1, -0.05) is 0 Å². The van der Waals surface area contributed by atoms with Crippen molar-refractivity contribution in [1.82, 2.24) is 15.6 Å². The molecule has 1 spiro atoms. The summed E-state index contributed by atoms with van der Waals surface area (Å²) >= 11 is 0. The molecule has 2 aliphatic rings. The average molecular weight is 305 g/mol. The topological polar surface area (TPSA) is 117 Å². The van der Waals surface area contributed by atoms with E-state index in [1.807, 2.05) is 0 Å². The number of aromatic nitrogens is 1. The van der Waals surface area contributed by atoms with Gasteiger partial charge in [-0.3, -0.25) is 20.2 Å². The van der Waals surface area contributed by atoms with Gasteiger partial charge in [-0.15, -0.1) is 0 Å². The number of hydrogen-bond acceptors (Lipinski definition) is 6. The van der Waals surface area contributed by atoms with E-state index in [2.05, 4.69) is 15.6 Å². The Bertz CT molecular complexity index is 676. The molecule has 9 nitrogen and oxygen atoms in total. The lowest BCUT2D eigenvalue weighted by molar-refractivity contribution is -0.384. The molecule has 0 aliphatic carbocycles. The van der Waals surface area contributed by atoms with Gasteiger partial charge in [-0.25, -0.2) is 9.78 Å². The zero-order chi connectivity index (χ0) is 15.9. The normalized spacial score (nSPS) is 24.3. The molecule has 0 saturated carbocycles. The molecular formula is C13H15N5O4. The number of pyridine rings is 1. The Morgan fingerprint density at radius 3 is 2.86 bits per heavy atom. The molecule has 2 aliphatic heterocycles. The van der Waals surface area contributed by atoms with Crippen LogP contribution in [0.3, 0.4) is 0 Å². The minimum Gasteiger partial charge on any atom is -0.348 e. The third kappa shape index (κ3) is 2.24. The highest BCUT2D eigenvalue weighted by Gasteiger charge is 2.49. The van der Waals surface area contributed by atoms with Crippen LogP contribution in [0.4, 0.5) is 16.3 Å². The number of hydrogen-bond donors (Lipinski definition) is 2. The van der Waals surface area contributed by atoms with E-state index in [1.54, 1.807) is 18.0 Å². The van der Waals surface area contributed by atoms with Gasteiger partial charge >= 0.3 is 11.7 Å². The number of nitro groups is 1. The number of piperidine rings is 1. The van der Waals surface area contributed by atoms with Crippen LogP contribution in [-0.4, -0.2) is 40.5 Å². The lowest BCUT2D eigenvalue weighted by atomic mass is 9.89. The molecule has 0 radical (unpaired) electrons. The van der Waals surface area contributed by atoms with Crippen LogP contribution in [-0.2, 0) is 4.79 Å². The number of carbonyl (C=O) groups excluding carboxylic acids is 2. The number of anilines is 1. The van der Waals surface area contributed by atoms with E-state index in [1.165, 1.54) is 6.07 Å². The zero-order valence-electron chi connectivity index (χ0n) is 12.0. The summed E-state index contributed by atoms with van der Waals surface area (Å²) in [5.74, 6) is -0.166. The van der Waals surface area contributed by atoms with Crippen LogP contribution in [0.25, 0.3) is 0 Å². The summed E-state index contributed by atoms with van der Waals surface area (Å²) in [7, 11) is 0. The molecule has 9 heteroatoms. The summed E-state index contributed by atoms with van der Waals surface area (Å²) in [6.07, 6.45) is 2.68. The molecule has 1 unspecified atom stereocenters. The number of rotatable bonds is 2. The van der Waals surface area contributed by atoms with Gasteiger partial charge in [-0.05, 0) is 25.3 Å². The Morgan fingerprint density at radius 1 is 1.45 bits per heavy atom. The maximum atomic E-state index is 12.0. The number of nitrogens with zero attached hydrogens (tertiary/aromatic N) is 3. The van der Waals surface area contributed by atoms with Crippen molar-refractivity contribution in [2.45, 2.75) is 25.3 Å². The number of nitrogens with one attached hydrogen (secondary N) is 2. The summed E-state index contributed by atoms with van der Waals surface area (Å²) in [6, 6.07) is 0.926. The second-order valence-corrected chi connectivity index (χ2v) is 5.63. The highest BCUT2D eigenvalue weighted by Crippen LogP contribution is 2.32. The van der Waals surface area contributed by atoms with Crippen molar-refractivity contribution in [3.05, 3.63) is 27.9 Å². The highest BCUT2D eigenvalue weighted by atomic mass is 16.6. The first kappa shape index (κ1) is 14.2. The van der Waals surface area contributed by atoms with Gasteiger partial charge in [-0.2, -0.15) is 0 Å². The van der Waals surface area contributed by atoms with Crippen molar-refractivity contribution in [2.75, 3.05) is 18.0 Å². The first-order valence-electron chi connectivity index (χ1n) is 6.91. The fraction of sp³-hybridized carbons (Fsp3) is 0.462. The monoisotopic (exact) mass is 305 g/mol. The standard InChI is InChI=1S/C13H15N5O4/c1-8-5-9(18(21)22)10(14-6-8)17-4-2-3-13(7-17)11(19)15-12(20)16-13/h5-6H,2-4,7H2,1H3,(H2,15,16,19,20). The van der Waals surface area contributed by atoms with E-state index in [0.717, 1.165) is 0 Å². The molecule has 2 saturated heterocycles. The first-order valence-corrected chi connectivity index (χ1v) is 6.91. The largest absolute Gasteiger partial charge is 0.348 e. The van der Waals surface area contributed by atoms with Gasteiger partial charge in [0.25, 0.3) is 5.91 Å². The highest BCUT2D eigenvalue weighted by molar-refractivity contribution is 6.07. The van der Waals surface area contributed by atoms with E-state index < -0.39 is 22.4 Å². The number of urea groups is 1. The van der Waals surface area contributed by atoms with E-state index >= 15 is 0 Å². The minimum absolute atomic E-state index is 0.0956. The van der Waals surface area contributed by atoms with Gasteiger partial charge in [0.15, 0.2) is 0 Å². The molecule has 1 atom stereocenters. The fourth-order valence-corrected chi connectivity index (χ4v) is 2.98. The maximum Gasteiger partial charge on any atom is 0.322 e. The average Bonchev–Trinajstić information content (AvgIpc) is 2.72. The molecule has 0 aromatic carbocycles. The number of aryl methyl sites for hydroxylation is 1. The molecule has 116 valence electrons. The van der Waals surface area contributed by atoms with Crippen molar-refractivity contribution in [3.8, 4) is 0 Å². The summed E-state index contributed by atoms with van der Waals surface area (Å²) in [4.78, 5) is 40.0. The van der Waals surface area contributed by atoms with Crippen LogP contribution < -0.4 is 15.5 Å². The molecule has 1 aromatic heterocycles. The van der Waals surface area contributed by atoms with Crippen LogP contribution in [0, 0.1) is 17.0 Å². The number of imide groups is 1.